The highest BCUT2D eigenvalue weighted by atomic mass is 15.2. The van der Waals surface area contributed by atoms with Crippen LogP contribution in [0.1, 0.15) is 13.8 Å². The fourth-order valence-corrected chi connectivity index (χ4v) is 0.532. The van der Waals surface area contributed by atoms with Crippen molar-refractivity contribution in [1.29, 1.82) is 0 Å². The number of nitrogens with zero attached hydrogens (tertiary/aromatic N) is 3. The van der Waals surface area contributed by atoms with Crippen LogP contribution < -0.4 is 0 Å². The van der Waals surface area contributed by atoms with Gasteiger partial charge < -0.3 is 0 Å². The van der Waals surface area contributed by atoms with Crippen LogP contribution in [0.25, 0.3) is 0 Å². The molecular formula is C7H9N3. The van der Waals surface area contributed by atoms with Gasteiger partial charge in [-0.1, -0.05) is 0 Å². The molecule has 1 heterocycles. The molecule has 3 heteroatoms. The Morgan fingerprint density at radius 3 is 2.90 bits per heavy atom. The van der Waals surface area contributed by atoms with E-state index in [1.807, 2.05) is 19.9 Å². The average Bonchev–Trinajstić information content (AvgIpc) is 1.90. The standard InChI is InChI=1S/C7H9N3/c1-6-3-4-9-10-7(2)8-5-6/h3-5H,1-2H3/b4-3?,6-3+,6-5?,8-5-,8-7?,9-4+,10-7-,10-9?. The van der Waals surface area contributed by atoms with Gasteiger partial charge in [0, 0.05) is 12.4 Å². The van der Waals surface area contributed by atoms with Crippen LogP contribution in [0, 0.1) is 0 Å². The summed E-state index contributed by atoms with van der Waals surface area (Å²) in [6, 6.07) is 0. The van der Waals surface area contributed by atoms with Gasteiger partial charge in [-0.15, -0.1) is 5.10 Å². The number of hydrogen-bond acceptors (Lipinski definition) is 3. The van der Waals surface area contributed by atoms with Gasteiger partial charge in [0.2, 0.25) is 0 Å². The predicted octanol–water partition coefficient (Wildman–Crippen LogP) is 1.42. The Morgan fingerprint density at radius 1 is 1.30 bits per heavy atom. The van der Waals surface area contributed by atoms with Crippen molar-refractivity contribution in [3.63, 3.8) is 0 Å². The molecule has 0 spiro atoms. The first-order valence-electron chi connectivity index (χ1n) is 3.07. The minimum Gasteiger partial charge on any atom is -0.239 e. The maximum absolute atomic E-state index is 4.01. The molecule has 1 rings (SSSR count). The molecular weight excluding hydrogens is 126 g/mol. The quantitative estimate of drug-likeness (QED) is 0.481. The van der Waals surface area contributed by atoms with Crippen molar-refractivity contribution >= 4 is 18.3 Å². The highest BCUT2D eigenvalue weighted by Crippen LogP contribution is 1.91. The van der Waals surface area contributed by atoms with Gasteiger partial charge in [-0.05, 0) is 25.5 Å². The smallest absolute Gasteiger partial charge is 0.147 e. The molecule has 1 aliphatic heterocycles. The van der Waals surface area contributed by atoms with Crippen LogP contribution >= 0.6 is 0 Å². The summed E-state index contributed by atoms with van der Waals surface area (Å²) in [5.74, 6) is 0.684. The molecule has 0 saturated carbocycles. The summed E-state index contributed by atoms with van der Waals surface area (Å²) in [7, 11) is 0. The summed E-state index contributed by atoms with van der Waals surface area (Å²) < 4.78 is 0. The number of allylic oxidation sites excluding steroid dienone is 2. The van der Waals surface area contributed by atoms with Crippen molar-refractivity contribution in [1.82, 2.24) is 0 Å². The zero-order valence-corrected chi connectivity index (χ0v) is 6.07. The lowest BCUT2D eigenvalue weighted by atomic mass is 10.3. The van der Waals surface area contributed by atoms with E-state index in [1.165, 1.54) is 0 Å². The molecule has 0 atom stereocenters. The fourth-order valence-electron chi connectivity index (χ4n) is 0.532. The monoisotopic (exact) mass is 135 g/mol. The second-order valence-electron chi connectivity index (χ2n) is 2.08. The number of amidine groups is 1. The van der Waals surface area contributed by atoms with E-state index in [0.717, 1.165) is 5.57 Å². The molecule has 3 nitrogen and oxygen atoms in total. The lowest BCUT2D eigenvalue weighted by molar-refractivity contribution is 1.22. The minimum atomic E-state index is 0.684. The van der Waals surface area contributed by atoms with E-state index in [1.54, 1.807) is 12.4 Å². The molecule has 0 amide bonds. The third kappa shape index (κ3) is 1.93. The summed E-state index contributed by atoms with van der Waals surface area (Å²) in [6.45, 7) is 3.78. The maximum atomic E-state index is 4.01. The second kappa shape index (κ2) is 3.06. The molecule has 0 aromatic heterocycles. The van der Waals surface area contributed by atoms with Crippen LogP contribution in [-0.2, 0) is 0 Å². The van der Waals surface area contributed by atoms with E-state index in [4.69, 9.17) is 0 Å². The van der Waals surface area contributed by atoms with Gasteiger partial charge in [0.1, 0.15) is 5.84 Å². The van der Waals surface area contributed by atoms with Crippen LogP contribution in [0.15, 0.2) is 26.8 Å². The SMILES string of the molecule is CC1=N/N=C/C=C(C)/C=N\1. The van der Waals surface area contributed by atoms with Gasteiger partial charge >= 0.3 is 0 Å². The molecule has 0 saturated heterocycles. The summed E-state index contributed by atoms with van der Waals surface area (Å²) in [4.78, 5) is 4.01. The van der Waals surface area contributed by atoms with E-state index in [2.05, 4.69) is 15.2 Å². The molecule has 52 valence electrons. The topological polar surface area (TPSA) is 37.1 Å². The molecule has 0 unspecified atom stereocenters. The zero-order chi connectivity index (χ0) is 7.40. The second-order valence-corrected chi connectivity index (χ2v) is 2.08. The fraction of sp³-hybridized carbons (Fsp3) is 0.286. The highest BCUT2D eigenvalue weighted by Gasteiger charge is 1.86. The van der Waals surface area contributed by atoms with E-state index < -0.39 is 0 Å². The number of rotatable bonds is 0. The van der Waals surface area contributed by atoms with Gasteiger partial charge in [0.15, 0.2) is 0 Å². The lowest BCUT2D eigenvalue weighted by Crippen LogP contribution is -1.89. The molecule has 0 fully saturated rings. The summed E-state index contributed by atoms with van der Waals surface area (Å²) in [5.41, 5.74) is 1.08. The number of aliphatic imine (C=N–C) groups is 1. The van der Waals surface area contributed by atoms with Gasteiger partial charge in [-0.3, -0.25) is 0 Å². The van der Waals surface area contributed by atoms with Crippen molar-refractivity contribution < 1.29 is 0 Å². The van der Waals surface area contributed by atoms with E-state index in [-0.39, 0.29) is 0 Å². The molecule has 0 aromatic carbocycles. The summed E-state index contributed by atoms with van der Waals surface area (Å²) >= 11 is 0. The van der Waals surface area contributed by atoms with Crippen LogP contribution in [0.2, 0.25) is 0 Å². The predicted molar refractivity (Wildman–Crippen MR) is 43.9 cm³/mol. The van der Waals surface area contributed by atoms with Gasteiger partial charge in [-0.2, -0.15) is 5.10 Å². The van der Waals surface area contributed by atoms with Crippen LogP contribution in [0.5, 0.6) is 0 Å². The Hall–Kier alpha value is -1.25. The maximum Gasteiger partial charge on any atom is 0.147 e. The number of hydrogen-bond donors (Lipinski definition) is 0. The Morgan fingerprint density at radius 2 is 2.10 bits per heavy atom. The van der Waals surface area contributed by atoms with E-state index >= 15 is 0 Å². The highest BCUT2D eigenvalue weighted by molar-refractivity contribution is 5.96. The Labute approximate surface area is 59.9 Å². The zero-order valence-electron chi connectivity index (χ0n) is 6.07. The van der Waals surface area contributed by atoms with Crippen LogP contribution in [0.3, 0.4) is 0 Å². The van der Waals surface area contributed by atoms with Gasteiger partial charge in [-0.25, -0.2) is 4.99 Å². The van der Waals surface area contributed by atoms with Crippen LogP contribution in [0.4, 0.5) is 0 Å². The third-order valence-electron chi connectivity index (χ3n) is 1.06. The van der Waals surface area contributed by atoms with E-state index in [0.29, 0.717) is 5.84 Å². The molecule has 1 aliphatic rings. The molecule has 0 N–H and O–H groups in total. The van der Waals surface area contributed by atoms with E-state index in [9.17, 15) is 0 Å². The molecule has 0 aliphatic carbocycles. The first-order valence-corrected chi connectivity index (χ1v) is 3.07. The lowest BCUT2D eigenvalue weighted by Gasteiger charge is -1.91. The minimum absolute atomic E-state index is 0.684. The largest absolute Gasteiger partial charge is 0.239 e. The van der Waals surface area contributed by atoms with Gasteiger partial charge in [0.05, 0.1) is 0 Å². The molecule has 0 radical (unpaired) electrons. The van der Waals surface area contributed by atoms with Crippen molar-refractivity contribution in [2.75, 3.05) is 0 Å². The van der Waals surface area contributed by atoms with Crippen molar-refractivity contribution in [3.05, 3.63) is 11.6 Å². The first-order chi connectivity index (χ1) is 4.79. The van der Waals surface area contributed by atoms with Gasteiger partial charge in [0.25, 0.3) is 0 Å². The molecule has 10 heavy (non-hydrogen) atoms. The Balaban J connectivity index is 2.85. The van der Waals surface area contributed by atoms with Crippen molar-refractivity contribution in [2.24, 2.45) is 15.2 Å². The summed E-state index contributed by atoms with van der Waals surface area (Å²) in [6.07, 6.45) is 5.29. The third-order valence-corrected chi connectivity index (χ3v) is 1.06. The summed E-state index contributed by atoms with van der Waals surface area (Å²) in [5, 5.41) is 7.50. The van der Waals surface area contributed by atoms with Crippen molar-refractivity contribution in [3.8, 4) is 0 Å². The molecule has 0 aromatic rings. The first kappa shape index (κ1) is 6.86. The Bertz CT molecular complexity index is 209. The molecule has 0 bridgehead atoms. The average molecular weight is 135 g/mol. The normalized spacial score (nSPS) is 34.2. The van der Waals surface area contributed by atoms with Crippen LogP contribution in [-0.4, -0.2) is 18.3 Å². The Kier molecular flexibility index (Phi) is 2.10. The van der Waals surface area contributed by atoms with Crippen molar-refractivity contribution in [2.45, 2.75) is 13.8 Å².